The molecule has 2 aromatic heterocycles. The number of nitrogens with zero attached hydrogens (tertiary/aromatic N) is 3. The summed E-state index contributed by atoms with van der Waals surface area (Å²) in [6.07, 6.45) is 5.98. The minimum absolute atomic E-state index is 0.294. The van der Waals surface area contributed by atoms with E-state index in [1.807, 2.05) is 19.9 Å². The van der Waals surface area contributed by atoms with Crippen LogP contribution in [-0.4, -0.2) is 15.7 Å². The Labute approximate surface area is 156 Å². The average molecular weight is 377 g/mol. The molecular formula is C18H21ClN4OS. The molecule has 1 amide bonds. The number of nitriles is 1. The molecule has 0 aliphatic rings. The predicted molar refractivity (Wildman–Crippen MR) is 103 cm³/mol. The lowest BCUT2D eigenvalue weighted by atomic mass is 10.2. The van der Waals surface area contributed by atoms with Gasteiger partial charge in [-0.2, -0.15) is 10.4 Å². The van der Waals surface area contributed by atoms with Crippen molar-refractivity contribution < 1.29 is 4.79 Å². The van der Waals surface area contributed by atoms with E-state index in [0.29, 0.717) is 15.7 Å². The molecule has 0 aliphatic carbocycles. The molecule has 2 rings (SSSR count). The summed E-state index contributed by atoms with van der Waals surface area (Å²) in [4.78, 5) is 13.2. The Bertz CT molecular complexity index is 829. The molecule has 0 bridgehead atoms. The molecule has 0 aromatic carbocycles. The van der Waals surface area contributed by atoms with Crippen LogP contribution in [0.15, 0.2) is 12.1 Å². The van der Waals surface area contributed by atoms with Gasteiger partial charge in [0.15, 0.2) is 0 Å². The van der Waals surface area contributed by atoms with Crippen LogP contribution >= 0.6 is 22.9 Å². The Morgan fingerprint density at radius 1 is 1.52 bits per heavy atom. The number of unbranched alkanes of at least 4 members (excludes halogenated alkanes) is 1. The maximum atomic E-state index is 12.2. The number of aryl methyl sites for hydroxylation is 3. The number of halogens is 1. The van der Waals surface area contributed by atoms with Crippen molar-refractivity contribution in [2.45, 2.75) is 46.6 Å². The minimum atomic E-state index is -0.294. The lowest BCUT2D eigenvalue weighted by molar-refractivity contribution is -0.111. The van der Waals surface area contributed by atoms with Gasteiger partial charge in [-0.15, -0.1) is 11.3 Å². The second-order valence-corrected chi connectivity index (χ2v) is 7.10. The molecule has 2 aromatic rings. The average Bonchev–Trinajstić information content (AvgIpc) is 3.11. The molecule has 1 N–H and O–H groups in total. The summed E-state index contributed by atoms with van der Waals surface area (Å²) in [5.41, 5.74) is 2.02. The molecule has 0 spiro atoms. The number of carbonyl (C=O) groups is 1. The first-order valence-corrected chi connectivity index (χ1v) is 9.44. The highest BCUT2D eigenvalue weighted by atomic mass is 35.5. The van der Waals surface area contributed by atoms with Gasteiger partial charge in [-0.25, -0.2) is 0 Å². The van der Waals surface area contributed by atoms with Gasteiger partial charge in [0.2, 0.25) is 5.91 Å². The van der Waals surface area contributed by atoms with Crippen molar-refractivity contribution in [2.75, 3.05) is 5.32 Å². The van der Waals surface area contributed by atoms with Gasteiger partial charge in [-0.05, 0) is 31.9 Å². The molecule has 0 radical (unpaired) electrons. The number of hydrogen-bond acceptors (Lipinski definition) is 4. The van der Waals surface area contributed by atoms with Gasteiger partial charge in [-0.3, -0.25) is 9.48 Å². The molecular weight excluding hydrogens is 356 g/mol. The van der Waals surface area contributed by atoms with Gasteiger partial charge in [0, 0.05) is 23.1 Å². The molecule has 25 heavy (non-hydrogen) atoms. The Morgan fingerprint density at radius 3 is 2.92 bits per heavy atom. The van der Waals surface area contributed by atoms with Crippen molar-refractivity contribution in [2.24, 2.45) is 0 Å². The third-order valence-electron chi connectivity index (χ3n) is 3.72. The normalized spacial score (nSPS) is 11.0. The van der Waals surface area contributed by atoms with Crippen LogP contribution in [0, 0.1) is 18.3 Å². The number of thiophene rings is 1. The molecule has 0 aliphatic heterocycles. The molecule has 0 fully saturated rings. The number of aromatic nitrogens is 2. The van der Waals surface area contributed by atoms with Gasteiger partial charge in [0.1, 0.15) is 16.2 Å². The van der Waals surface area contributed by atoms with Crippen LogP contribution in [0.3, 0.4) is 0 Å². The highest BCUT2D eigenvalue weighted by Crippen LogP contribution is 2.28. The Kier molecular flexibility index (Phi) is 6.80. The Morgan fingerprint density at radius 2 is 2.28 bits per heavy atom. The predicted octanol–water partition coefficient (Wildman–Crippen LogP) is 4.79. The highest BCUT2D eigenvalue weighted by Gasteiger charge is 2.12. The first-order valence-electron chi connectivity index (χ1n) is 8.24. The number of nitrogens with one attached hydrogen (secondary N) is 1. The van der Waals surface area contributed by atoms with E-state index in [0.717, 1.165) is 41.9 Å². The van der Waals surface area contributed by atoms with Crippen molar-refractivity contribution >= 4 is 39.9 Å². The largest absolute Gasteiger partial charge is 0.313 e. The molecule has 0 unspecified atom stereocenters. The molecule has 0 atom stereocenters. The molecule has 2 heterocycles. The van der Waals surface area contributed by atoms with E-state index in [1.54, 1.807) is 10.8 Å². The van der Waals surface area contributed by atoms with Crippen LogP contribution in [0.25, 0.3) is 6.08 Å². The number of anilines is 1. The SMILES string of the molecule is CCCCn1nc(C)c(/C=C/C(=O)Nc2sc(CC)cc2C#N)c1Cl. The highest BCUT2D eigenvalue weighted by molar-refractivity contribution is 7.16. The fraction of sp³-hybridized carbons (Fsp3) is 0.389. The molecule has 0 saturated heterocycles. The zero-order chi connectivity index (χ0) is 18.4. The van der Waals surface area contributed by atoms with E-state index in [9.17, 15) is 4.79 Å². The molecule has 5 nitrogen and oxygen atoms in total. The Balaban J connectivity index is 2.12. The molecule has 0 saturated carbocycles. The third-order valence-corrected chi connectivity index (χ3v) is 5.32. The zero-order valence-corrected chi connectivity index (χ0v) is 16.2. The van der Waals surface area contributed by atoms with Crippen LogP contribution in [-0.2, 0) is 17.8 Å². The standard InChI is InChI=1S/C18H21ClN4OS/c1-4-6-9-23-17(19)15(12(3)22-23)7-8-16(24)21-18-13(11-20)10-14(5-2)25-18/h7-8,10H,4-6,9H2,1-3H3,(H,21,24)/b8-7+. The van der Waals surface area contributed by atoms with Crippen LogP contribution in [0.5, 0.6) is 0 Å². The quantitative estimate of drug-likeness (QED) is 0.706. The van der Waals surface area contributed by atoms with Crippen molar-refractivity contribution in [3.8, 4) is 6.07 Å². The van der Waals surface area contributed by atoms with Gasteiger partial charge >= 0.3 is 0 Å². The van der Waals surface area contributed by atoms with E-state index >= 15 is 0 Å². The monoisotopic (exact) mass is 376 g/mol. The van der Waals surface area contributed by atoms with E-state index in [4.69, 9.17) is 16.9 Å². The fourth-order valence-electron chi connectivity index (χ4n) is 2.32. The summed E-state index contributed by atoms with van der Waals surface area (Å²) < 4.78 is 1.76. The van der Waals surface area contributed by atoms with E-state index < -0.39 is 0 Å². The van der Waals surface area contributed by atoms with E-state index in [2.05, 4.69) is 23.4 Å². The first kappa shape index (κ1) is 19.2. The van der Waals surface area contributed by atoms with Crippen LogP contribution < -0.4 is 5.32 Å². The number of amides is 1. The van der Waals surface area contributed by atoms with Crippen LogP contribution in [0.2, 0.25) is 5.15 Å². The summed E-state index contributed by atoms with van der Waals surface area (Å²) in [6.45, 7) is 6.75. The summed E-state index contributed by atoms with van der Waals surface area (Å²) in [6, 6.07) is 3.92. The van der Waals surface area contributed by atoms with Crippen LogP contribution in [0.1, 0.15) is 48.4 Å². The summed E-state index contributed by atoms with van der Waals surface area (Å²) in [5.74, 6) is -0.294. The summed E-state index contributed by atoms with van der Waals surface area (Å²) in [5, 5.41) is 17.5. The van der Waals surface area contributed by atoms with E-state index in [1.165, 1.54) is 17.4 Å². The van der Waals surface area contributed by atoms with Gasteiger partial charge in [-0.1, -0.05) is 31.9 Å². The van der Waals surface area contributed by atoms with Gasteiger partial charge < -0.3 is 5.32 Å². The van der Waals surface area contributed by atoms with Crippen molar-refractivity contribution in [1.29, 1.82) is 5.26 Å². The smallest absolute Gasteiger partial charge is 0.249 e. The van der Waals surface area contributed by atoms with Crippen molar-refractivity contribution in [3.63, 3.8) is 0 Å². The fourth-order valence-corrected chi connectivity index (χ4v) is 3.59. The number of rotatable bonds is 7. The van der Waals surface area contributed by atoms with Gasteiger partial charge in [0.25, 0.3) is 0 Å². The number of carbonyl (C=O) groups excluding carboxylic acids is 1. The van der Waals surface area contributed by atoms with E-state index in [-0.39, 0.29) is 5.91 Å². The second-order valence-electron chi connectivity index (χ2n) is 5.61. The third kappa shape index (κ3) is 4.71. The van der Waals surface area contributed by atoms with Gasteiger partial charge in [0.05, 0.1) is 11.3 Å². The molecule has 132 valence electrons. The van der Waals surface area contributed by atoms with Crippen LogP contribution in [0.4, 0.5) is 5.00 Å². The topological polar surface area (TPSA) is 70.7 Å². The Hall–Kier alpha value is -2.10. The van der Waals surface area contributed by atoms with Crippen molar-refractivity contribution in [3.05, 3.63) is 39.0 Å². The maximum absolute atomic E-state index is 12.2. The second kappa shape index (κ2) is 8.84. The summed E-state index contributed by atoms with van der Waals surface area (Å²) in [7, 11) is 0. The molecule has 7 heteroatoms. The lowest BCUT2D eigenvalue weighted by Crippen LogP contribution is -2.07. The lowest BCUT2D eigenvalue weighted by Gasteiger charge is -2.01. The minimum Gasteiger partial charge on any atom is -0.313 e. The maximum Gasteiger partial charge on any atom is 0.249 e. The zero-order valence-electron chi connectivity index (χ0n) is 14.6. The first-order chi connectivity index (χ1) is 12.0. The summed E-state index contributed by atoms with van der Waals surface area (Å²) >= 11 is 7.78. The van der Waals surface area contributed by atoms with Crippen molar-refractivity contribution in [1.82, 2.24) is 9.78 Å². The number of hydrogen-bond donors (Lipinski definition) is 1.